The average Bonchev–Trinajstić information content (AvgIpc) is 3.04. The van der Waals surface area contributed by atoms with Crippen LogP contribution >= 0.6 is 0 Å². The van der Waals surface area contributed by atoms with Gasteiger partial charge in [0.1, 0.15) is 11.1 Å². The lowest BCUT2D eigenvalue weighted by atomic mass is 10.1. The minimum Gasteiger partial charge on any atom is -0.454 e. The van der Waals surface area contributed by atoms with Gasteiger partial charge in [-0.2, -0.15) is 5.10 Å². The van der Waals surface area contributed by atoms with Gasteiger partial charge in [-0.3, -0.25) is 0 Å². The standard InChI is InChI=1S/C16H9N3O/c1-2-4-11-9(3-1)10-5-6-12-14(15(10)18-11)16-13(20-12)7-8-17-19-16/h1-8,18H. The Kier molecular flexibility index (Phi) is 1.68. The summed E-state index contributed by atoms with van der Waals surface area (Å²) < 4.78 is 5.83. The zero-order valence-electron chi connectivity index (χ0n) is 10.4. The summed E-state index contributed by atoms with van der Waals surface area (Å²) in [6.45, 7) is 0. The minimum absolute atomic E-state index is 0.765. The number of H-pyrrole nitrogens is 1. The van der Waals surface area contributed by atoms with Crippen LogP contribution in [0.5, 0.6) is 0 Å². The topological polar surface area (TPSA) is 54.7 Å². The number of fused-ring (bicyclic) bond motifs is 7. The summed E-state index contributed by atoms with van der Waals surface area (Å²) >= 11 is 0. The number of hydrogen-bond acceptors (Lipinski definition) is 3. The van der Waals surface area contributed by atoms with Crippen LogP contribution in [0.3, 0.4) is 0 Å². The van der Waals surface area contributed by atoms with Crippen LogP contribution in [-0.2, 0) is 0 Å². The number of furan rings is 1. The number of aromatic amines is 1. The summed E-state index contributed by atoms with van der Waals surface area (Å²) in [6, 6.07) is 14.2. The molecule has 0 bridgehead atoms. The van der Waals surface area contributed by atoms with E-state index in [9.17, 15) is 0 Å². The quantitative estimate of drug-likeness (QED) is 0.457. The van der Waals surface area contributed by atoms with Crippen LogP contribution in [0.15, 0.2) is 53.1 Å². The third-order valence-corrected chi connectivity index (χ3v) is 3.78. The number of hydrogen-bond donors (Lipinski definition) is 1. The smallest absolute Gasteiger partial charge is 0.157 e. The van der Waals surface area contributed by atoms with Crippen LogP contribution in [-0.4, -0.2) is 15.2 Å². The summed E-state index contributed by atoms with van der Waals surface area (Å²) in [6.07, 6.45) is 1.65. The first-order chi connectivity index (χ1) is 9.92. The van der Waals surface area contributed by atoms with Crippen molar-refractivity contribution in [2.24, 2.45) is 0 Å². The van der Waals surface area contributed by atoms with Gasteiger partial charge in [0.05, 0.1) is 17.1 Å². The molecule has 5 aromatic rings. The Morgan fingerprint density at radius 3 is 2.85 bits per heavy atom. The lowest BCUT2D eigenvalue weighted by Gasteiger charge is -1.92. The Hall–Kier alpha value is -2.88. The van der Waals surface area contributed by atoms with Crippen molar-refractivity contribution in [2.75, 3.05) is 0 Å². The zero-order valence-corrected chi connectivity index (χ0v) is 10.4. The first-order valence-electron chi connectivity index (χ1n) is 6.45. The number of aromatic nitrogens is 3. The summed E-state index contributed by atoms with van der Waals surface area (Å²) in [5.41, 5.74) is 4.58. The molecule has 0 fully saturated rings. The van der Waals surface area contributed by atoms with Gasteiger partial charge in [-0.15, -0.1) is 5.10 Å². The van der Waals surface area contributed by atoms with Crippen LogP contribution in [0.25, 0.3) is 43.9 Å². The van der Waals surface area contributed by atoms with Crippen LogP contribution in [0.2, 0.25) is 0 Å². The molecule has 3 aromatic heterocycles. The van der Waals surface area contributed by atoms with Crippen LogP contribution in [0, 0.1) is 0 Å². The third-order valence-electron chi connectivity index (χ3n) is 3.78. The largest absolute Gasteiger partial charge is 0.454 e. The molecule has 0 aliphatic heterocycles. The van der Waals surface area contributed by atoms with E-state index in [-0.39, 0.29) is 0 Å². The Labute approximate surface area is 113 Å². The SMILES string of the molecule is c1ccc2c(c1)[nH]c1c2ccc2oc3ccnnc3c21. The lowest BCUT2D eigenvalue weighted by molar-refractivity contribution is 0.667. The fourth-order valence-electron chi connectivity index (χ4n) is 2.91. The predicted octanol–water partition coefficient (Wildman–Crippen LogP) is 4.01. The molecule has 0 amide bonds. The van der Waals surface area contributed by atoms with E-state index in [1.54, 1.807) is 6.20 Å². The van der Waals surface area contributed by atoms with E-state index in [1.807, 2.05) is 24.3 Å². The van der Waals surface area contributed by atoms with E-state index in [1.165, 1.54) is 10.8 Å². The summed E-state index contributed by atoms with van der Waals surface area (Å²) in [7, 11) is 0. The number of rotatable bonds is 0. The number of para-hydroxylation sites is 1. The third kappa shape index (κ3) is 1.11. The van der Waals surface area contributed by atoms with Gasteiger partial charge in [-0.1, -0.05) is 18.2 Å². The van der Waals surface area contributed by atoms with Gasteiger partial charge in [0.25, 0.3) is 0 Å². The highest BCUT2D eigenvalue weighted by molar-refractivity contribution is 6.22. The van der Waals surface area contributed by atoms with Crippen molar-refractivity contribution in [3.05, 3.63) is 48.7 Å². The normalized spacial score (nSPS) is 12.0. The molecule has 0 aliphatic rings. The van der Waals surface area contributed by atoms with Crippen molar-refractivity contribution >= 4 is 43.9 Å². The van der Waals surface area contributed by atoms with Crippen molar-refractivity contribution in [1.29, 1.82) is 0 Å². The molecular weight excluding hydrogens is 250 g/mol. The maximum Gasteiger partial charge on any atom is 0.157 e. The molecule has 94 valence electrons. The van der Waals surface area contributed by atoms with Gasteiger partial charge in [0, 0.05) is 22.4 Å². The molecule has 0 unspecified atom stereocenters. The molecule has 3 heterocycles. The van der Waals surface area contributed by atoms with Gasteiger partial charge in [-0.05, 0) is 18.2 Å². The molecule has 0 aliphatic carbocycles. The molecule has 0 saturated heterocycles. The molecule has 2 aromatic carbocycles. The van der Waals surface area contributed by atoms with Crippen molar-refractivity contribution in [3.63, 3.8) is 0 Å². The van der Waals surface area contributed by atoms with Gasteiger partial charge in [-0.25, -0.2) is 0 Å². The molecule has 5 rings (SSSR count). The molecule has 4 heteroatoms. The Bertz CT molecular complexity index is 1100. The second kappa shape index (κ2) is 3.36. The highest BCUT2D eigenvalue weighted by Crippen LogP contribution is 2.35. The molecule has 4 nitrogen and oxygen atoms in total. The monoisotopic (exact) mass is 259 g/mol. The first-order valence-corrected chi connectivity index (χ1v) is 6.45. The molecular formula is C16H9N3O. The second-order valence-corrected chi connectivity index (χ2v) is 4.88. The van der Waals surface area contributed by atoms with Crippen LogP contribution in [0.1, 0.15) is 0 Å². The van der Waals surface area contributed by atoms with E-state index in [0.29, 0.717) is 0 Å². The van der Waals surface area contributed by atoms with E-state index in [0.717, 1.165) is 33.1 Å². The first kappa shape index (κ1) is 9.97. The molecule has 20 heavy (non-hydrogen) atoms. The number of benzene rings is 2. The number of nitrogens with one attached hydrogen (secondary N) is 1. The second-order valence-electron chi connectivity index (χ2n) is 4.88. The zero-order chi connectivity index (χ0) is 13.1. The summed E-state index contributed by atoms with van der Waals surface area (Å²) in [5.74, 6) is 0. The fourth-order valence-corrected chi connectivity index (χ4v) is 2.91. The minimum atomic E-state index is 0.765. The molecule has 0 saturated carbocycles. The highest BCUT2D eigenvalue weighted by atomic mass is 16.3. The van der Waals surface area contributed by atoms with Gasteiger partial charge < -0.3 is 9.40 Å². The Morgan fingerprint density at radius 2 is 1.85 bits per heavy atom. The van der Waals surface area contributed by atoms with E-state index in [4.69, 9.17) is 4.42 Å². The molecule has 1 N–H and O–H groups in total. The fraction of sp³-hybridized carbons (Fsp3) is 0. The average molecular weight is 259 g/mol. The maximum atomic E-state index is 5.83. The Balaban J connectivity index is 2.14. The highest BCUT2D eigenvalue weighted by Gasteiger charge is 2.14. The van der Waals surface area contributed by atoms with Gasteiger partial charge >= 0.3 is 0 Å². The molecule has 0 radical (unpaired) electrons. The van der Waals surface area contributed by atoms with Crippen LogP contribution in [0.4, 0.5) is 0 Å². The molecule has 0 atom stereocenters. The summed E-state index contributed by atoms with van der Waals surface area (Å²) in [4.78, 5) is 3.47. The molecule has 0 spiro atoms. The van der Waals surface area contributed by atoms with Gasteiger partial charge in [0.2, 0.25) is 0 Å². The van der Waals surface area contributed by atoms with Crippen molar-refractivity contribution in [2.45, 2.75) is 0 Å². The summed E-state index contributed by atoms with van der Waals surface area (Å²) in [5, 5.41) is 11.6. The van der Waals surface area contributed by atoms with Gasteiger partial charge in [0.15, 0.2) is 5.58 Å². The number of nitrogens with zero attached hydrogens (tertiary/aromatic N) is 2. The lowest BCUT2D eigenvalue weighted by Crippen LogP contribution is -1.78. The van der Waals surface area contributed by atoms with E-state index < -0.39 is 0 Å². The van der Waals surface area contributed by atoms with Crippen molar-refractivity contribution in [1.82, 2.24) is 15.2 Å². The van der Waals surface area contributed by atoms with E-state index >= 15 is 0 Å². The Morgan fingerprint density at radius 1 is 0.900 bits per heavy atom. The predicted molar refractivity (Wildman–Crippen MR) is 78.7 cm³/mol. The van der Waals surface area contributed by atoms with Crippen molar-refractivity contribution < 1.29 is 4.42 Å². The van der Waals surface area contributed by atoms with Crippen LogP contribution < -0.4 is 0 Å². The van der Waals surface area contributed by atoms with Crippen molar-refractivity contribution in [3.8, 4) is 0 Å². The van der Waals surface area contributed by atoms with E-state index in [2.05, 4.69) is 33.4 Å². The maximum absolute atomic E-state index is 5.83.